The van der Waals surface area contributed by atoms with E-state index in [0.29, 0.717) is 5.75 Å². The third kappa shape index (κ3) is 3.51. The van der Waals surface area contributed by atoms with Gasteiger partial charge in [0.1, 0.15) is 0 Å². The molecule has 0 amide bonds. The summed E-state index contributed by atoms with van der Waals surface area (Å²) in [6.45, 7) is 1.54. The van der Waals surface area contributed by atoms with E-state index in [9.17, 15) is 4.79 Å². The van der Waals surface area contributed by atoms with E-state index in [-0.39, 0.29) is 5.12 Å². The first-order valence-electron chi connectivity index (χ1n) is 5.48. The second-order valence-corrected chi connectivity index (χ2v) is 4.74. The molecular weight excluding hydrogens is 244 g/mol. The van der Waals surface area contributed by atoms with Gasteiger partial charge in [0.05, 0.1) is 23.2 Å². The van der Waals surface area contributed by atoms with Crippen LogP contribution in [0.15, 0.2) is 42.7 Å². The largest absolute Gasteiger partial charge is 0.288 e. The second kappa shape index (κ2) is 6.08. The molecule has 2 aromatic rings. The Balaban J connectivity index is 2.05. The van der Waals surface area contributed by atoms with Crippen LogP contribution in [0.4, 0.5) is 0 Å². The van der Waals surface area contributed by atoms with Gasteiger partial charge in [-0.2, -0.15) is 5.10 Å². The molecule has 0 fully saturated rings. The van der Waals surface area contributed by atoms with Crippen LogP contribution in [0.3, 0.4) is 0 Å². The fourth-order valence-electron chi connectivity index (χ4n) is 1.39. The SMILES string of the molecule is CC(=O)SCC#Cc1cnn(-c2ccccc2)c1. The van der Waals surface area contributed by atoms with Crippen molar-refractivity contribution in [3.05, 3.63) is 48.3 Å². The van der Waals surface area contributed by atoms with Crippen LogP contribution in [0.5, 0.6) is 0 Å². The van der Waals surface area contributed by atoms with Gasteiger partial charge in [-0.15, -0.1) is 0 Å². The molecule has 4 heteroatoms. The summed E-state index contributed by atoms with van der Waals surface area (Å²) < 4.78 is 1.78. The van der Waals surface area contributed by atoms with Gasteiger partial charge < -0.3 is 0 Å². The molecule has 0 aliphatic carbocycles. The number of thioether (sulfide) groups is 1. The van der Waals surface area contributed by atoms with E-state index in [1.54, 1.807) is 17.8 Å². The van der Waals surface area contributed by atoms with E-state index in [0.717, 1.165) is 11.3 Å². The zero-order valence-corrected chi connectivity index (χ0v) is 10.8. The van der Waals surface area contributed by atoms with Crippen molar-refractivity contribution in [2.75, 3.05) is 5.75 Å². The molecule has 3 nitrogen and oxygen atoms in total. The Hall–Kier alpha value is -1.99. The van der Waals surface area contributed by atoms with Crippen LogP contribution >= 0.6 is 11.8 Å². The number of hydrogen-bond donors (Lipinski definition) is 0. The monoisotopic (exact) mass is 256 g/mol. The summed E-state index contributed by atoms with van der Waals surface area (Å²) in [6, 6.07) is 9.86. The Morgan fingerprint density at radius 3 is 2.89 bits per heavy atom. The van der Waals surface area contributed by atoms with Gasteiger partial charge in [-0.1, -0.05) is 41.8 Å². The lowest BCUT2D eigenvalue weighted by atomic mass is 10.3. The minimum atomic E-state index is 0.0873. The zero-order chi connectivity index (χ0) is 12.8. The van der Waals surface area contributed by atoms with Crippen LogP contribution in [-0.2, 0) is 4.79 Å². The zero-order valence-electron chi connectivity index (χ0n) is 9.96. The molecular formula is C14H12N2OS. The maximum atomic E-state index is 10.7. The molecule has 0 aliphatic heterocycles. The normalized spacial score (nSPS) is 9.61. The molecule has 1 aromatic heterocycles. The van der Waals surface area contributed by atoms with E-state index in [1.807, 2.05) is 36.5 Å². The smallest absolute Gasteiger partial charge is 0.186 e. The Morgan fingerprint density at radius 1 is 1.39 bits per heavy atom. The minimum Gasteiger partial charge on any atom is -0.288 e. The first kappa shape index (κ1) is 12.5. The van der Waals surface area contributed by atoms with Crippen molar-refractivity contribution in [3.63, 3.8) is 0 Å². The molecule has 0 bridgehead atoms. The van der Waals surface area contributed by atoms with Crippen LogP contribution in [0.25, 0.3) is 5.69 Å². The standard InChI is InChI=1S/C14H12N2OS/c1-12(17)18-9-5-6-13-10-15-16(11-13)14-7-3-2-4-8-14/h2-4,7-8,10-11H,9H2,1H3. The maximum absolute atomic E-state index is 10.7. The number of para-hydroxylation sites is 1. The van der Waals surface area contributed by atoms with Gasteiger partial charge >= 0.3 is 0 Å². The fourth-order valence-corrected chi connectivity index (χ4v) is 1.73. The summed E-state index contributed by atoms with van der Waals surface area (Å²) in [5.74, 6) is 6.44. The Bertz CT molecular complexity index is 593. The summed E-state index contributed by atoms with van der Waals surface area (Å²) in [4.78, 5) is 10.7. The van der Waals surface area contributed by atoms with E-state index >= 15 is 0 Å². The van der Waals surface area contributed by atoms with Gasteiger partial charge in [0, 0.05) is 13.1 Å². The average molecular weight is 256 g/mol. The van der Waals surface area contributed by atoms with Crippen LogP contribution in [0, 0.1) is 11.8 Å². The first-order chi connectivity index (χ1) is 8.75. The maximum Gasteiger partial charge on any atom is 0.186 e. The predicted octanol–water partition coefficient (Wildman–Crippen LogP) is 2.50. The third-order valence-corrected chi connectivity index (χ3v) is 2.88. The van der Waals surface area contributed by atoms with Gasteiger partial charge in [0.15, 0.2) is 5.12 Å². The number of benzene rings is 1. The average Bonchev–Trinajstić information content (AvgIpc) is 2.84. The van der Waals surface area contributed by atoms with E-state index in [2.05, 4.69) is 16.9 Å². The number of nitrogens with zero attached hydrogens (tertiary/aromatic N) is 2. The highest BCUT2D eigenvalue weighted by Crippen LogP contribution is 2.06. The highest BCUT2D eigenvalue weighted by atomic mass is 32.2. The molecule has 1 heterocycles. The lowest BCUT2D eigenvalue weighted by molar-refractivity contribution is -0.109. The topological polar surface area (TPSA) is 34.9 Å². The number of rotatable bonds is 2. The molecule has 90 valence electrons. The second-order valence-electron chi connectivity index (χ2n) is 3.59. The highest BCUT2D eigenvalue weighted by molar-refractivity contribution is 8.13. The van der Waals surface area contributed by atoms with Gasteiger partial charge in [0.2, 0.25) is 0 Å². The van der Waals surface area contributed by atoms with Crippen molar-refractivity contribution >= 4 is 16.9 Å². The number of hydrogen-bond acceptors (Lipinski definition) is 3. The molecule has 1 aromatic carbocycles. The first-order valence-corrected chi connectivity index (χ1v) is 6.46. The lowest BCUT2D eigenvalue weighted by Crippen LogP contribution is -1.92. The number of carbonyl (C=O) groups is 1. The number of carbonyl (C=O) groups excluding carboxylic acids is 1. The van der Waals surface area contributed by atoms with Crippen LogP contribution in [0.2, 0.25) is 0 Å². The molecule has 0 spiro atoms. The highest BCUT2D eigenvalue weighted by Gasteiger charge is 1.97. The van der Waals surface area contributed by atoms with Crippen molar-refractivity contribution in [3.8, 4) is 17.5 Å². The molecule has 0 saturated heterocycles. The molecule has 18 heavy (non-hydrogen) atoms. The van der Waals surface area contributed by atoms with Gasteiger partial charge in [0.25, 0.3) is 0 Å². The Labute approximate surface area is 110 Å². The van der Waals surface area contributed by atoms with Crippen LogP contribution < -0.4 is 0 Å². The van der Waals surface area contributed by atoms with Crippen molar-refractivity contribution in [1.82, 2.24) is 9.78 Å². The van der Waals surface area contributed by atoms with Gasteiger partial charge in [-0.25, -0.2) is 4.68 Å². The van der Waals surface area contributed by atoms with Gasteiger partial charge in [-0.05, 0) is 12.1 Å². The summed E-state index contributed by atoms with van der Waals surface area (Å²) in [5.41, 5.74) is 1.85. The van der Waals surface area contributed by atoms with Crippen LogP contribution in [-0.4, -0.2) is 20.6 Å². The quantitative estimate of drug-likeness (QED) is 0.774. The number of aromatic nitrogens is 2. The summed E-state index contributed by atoms with van der Waals surface area (Å²) >= 11 is 1.21. The van der Waals surface area contributed by atoms with E-state index < -0.39 is 0 Å². The fraction of sp³-hybridized carbons (Fsp3) is 0.143. The van der Waals surface area contributed by atoms with Crippen molar-refractivity contribution in [2.45, 2.75) is 6.92 Å². The molecule has 0 N–H and O–H groups in total. The lowest BCUT2D eigenvalue weighted by Gasteiger charge is -1.98. The Morgan fingerprint density at radius 2 is 2.17 bits per heavy atom. The van der Waals surface area contributed by atoms with Crippen molar-refractivity contribution in [1.29, 1.82) is 0 Å². The van der Waals surface area contributed by atoms with E-state index in [1.165, 1.54) is 11.8 Å². The molecule has 0 saturated carbocycles. The molecule has 0 atom stereocenters. The predicted molar refractivity (Wildman–Crippen MR) is 73.6 cm³/mol. The molecule has 0 unspecified atom stereocenters. The van der Waals surface area contributed by atoms with Gasteiger partial charge in [-0.3, -0.25) is 4.79 Å². The minimum absolute atomic E-state index is 0.0873. The Kier molecular flexibility index (Phi) is 4.21. The molecule has 0 radical (unpaired) electrons. The van der Waals surface area contributed by atoms with Crippen LogP contribution in [0.1, 0.15) is 12.5 Å². The summed E-state index contributed by atoms with van der Waals surface area (Å²) in [5, 5.41) is 4.33. The molecule has 0 aliphatic rings. The van der Waals surface area contributed by atoms with Crippen molar-refractivity contribution < 1.29 is 4.79 Å². The molecule has 2 rings (SSSR count). The van der Waals surface area contributed by atoms with Crippen molar-refractivity contribution in [2.24, 2.45) is 0 Å². The van der Waals surface area contributed by atoms with E-state index in [4.69, 9.17) is 0 Å². The summed E-state index contributed by atoms with van der Waals surface area (Å²) in [6.07, 6.45) is 3.60. The third-order valence-electron chi connectivity index (χ3n) is 2.18. The summed E-state index contributed by atoms with van der Waals surface area (Å²) in [7, 11) is 0.